The molecule has 1 rings (SSSR count). The first kappa shape index (κ1) is 12.4. The molecule has 0 heterocycles. The van der Waals surface area contributed by atoms with Crippen LogP contribution in [0.15, 0.2) is 24.3 Å². The SMILES string of the molecule is CC#C/C=C/c1c(C)cccc1C(F)(F)F. The van der Waals surface area contributed by atoms with Gasteiger partial charge in [0.25, 0.3) is 0 Å². The van der Waals surface area contributed by atoms with Gasteiger partial charge in [-0.1, -0.05) is 18.1 Å². The first-order chi connectivity index (χ1) is 7.46. The van der Waals surface area contributed by atoms with Gasteiger partial charge in [0.05, 0.1) is 5.56 Å². The Balaban J connectivity index is 3.28. The summed E-state index contributed by atoms with van der Waals surface area (Å²) in [6.07, 6.45) is -1.50. The van der Waals surface area contributed by atoms with E-state index in [1.807, 2.05) is 0 Å². The minimum Gasteiger partial charge on any atom is -0.166 e. The molecule has 0 aliphatic heterocycles. The predicted octanol–water partition coefficient (Wildman–Crippen LogP) is 4.05. The molecule has 0 amide bonds. The standard InChI is InChI=1S/C13H11F3/c1-3-4-5-8-11-10(2)7-6-9-12(11)13(14,15)16/h5-9H,1-2H3/b8-5+. The van der Waals surface area contributed by atoms with E-state index in [0.29, 0.717) is 5.56 Å². The number of benzene rings is 1. The molecular weight excluding hydrogens is 213 g/mol. The van der Waals surface area contributed by atoms with Gasteiger partial charge in [0.2, 0.25) is 0 Å². The van der Waals surface area contributed by atoms with Crippen molar-refractivity contribution in [1.29, 1.82) is 0 Å². The van der Waals surface area contributed by atoms with E-state index in [1.165, 1.54) is 18.2 Å². The van der Waals surface area contributed by atoms with Crippen LogP contribution in [0.4, 0.5) is 13.2 Å². The fourth-order valence-corrected chi connectivity index (χ4v) is 1.36. The number of hydrogen-bond donors (Lipinski definition) is 0. The van der Waals surface area contributed by atoms with Crippen LogP contribution >= 0.6 is 0 Å². The third kappa shape index (κ3) is 2.90. The zero-order valence-electron chi connectivity index (χ0n) is 9.02. The fourth-order valence-electron chi connectivity index (χ4n) is 1.36. The minimum atomic E-state index is -4.33. The van der Waals surface area contributed by atoms with E-state index in [1.54, 1.807) is 19.9 Å². The molecule has 0 aliphatic rings. The molecule has 0 saturated carbocycles. The largest absolute Gasteiger partial charge is 0.416 e. The van der Waals surface area contributed by atoms with Crippen LogP contribution in [0.3, 0.4) is 0 Å². The molecule has 1 aromatic rings. The summed E-state index contributed by atoms with van der Waals surface area (Å²) in [5.74, 6) is 5.20. The molecular formula is C13H11F3. The molecule has 0 aliphatic carbocycles. The molecule has 16 heavy (non-hydrogen) atoms. The molecule has 0 N–H and O–H groups in total. The van der Waals surface area contributed by atoms with E-state index in [9.17, 15) is 13.2 Å². The van der Waals surface area contributed by atoms with E-state index in [0.717, 1.165) is 6.07 Å². The molecule has 0 fully saturated rings. The van der Waals surface area contributed by atoms with Crippen LogP contribution in [-0.4, -0.2) is 0 Å². The molecule has 3 heteroatoms. The van der Waals surface area contributed by atoms with Crippen molar-refractivity contribution in [1.82, 2.24) is 0 Å². The van der Waals surface area contributed by atoms with Crippen LogP contribution in [-0.2, 0) is 6.18 Å². The van der Waals surface area contributed by atoms with Crippen LogP contribution < -0.4 is 0 Å². The highest BCUT2D eigenvalue weighted by Gasteiger charge is 2.32. The van der Waals surface area contributed by atoms with Crippen molar-refractivity contribution in [3.05, 3.63) is 41.0 Å². The highest BCUT2D eigenvalue weighted by atomic mass is 19.4. The summed E-state index contributed by atoms with van der Waals surface area (Å²) in [7, 11) is 0. The van der Waals surface area contributed by atoms with E-state index >= 15 is 0 Å². The Bertz CT molecular complexity index is 456. The van der Waals surface area contributed by atoms with Gasteiger partial charge in [-0.3, -0.25) is 0 Å². The third-order valence-electron chi connectivity index (χ3n) is 2.11. The molecule has 0 atom stereocenters. The average molecular weight is 224 g/mol. The highest BCUT2D eigenvalue weighted by Crippen LogP contribution is 2.33. The highest BCUT2D eigenvalue weighted by molar-refractivity contribution is 5.60. The maximum atomic E-state index is 12.7. The Morgan fingerprint density at radius 2 is 1.94 bits per heavy atom. The minimum absolute atomic E-state index is 0.178. The Morgan fingerprint density at radius 3 is 2.50 bits per heavy atom. The molecule has 84 valence electrons. The van der Waals surface area contributed by atoms with Crippen molar-refractivity contribution in [2.24, 2.45) is 0 Å². The Morgan fingerprint density at radius 1 is 1.25 bits per heavy atom. The monoisotopic (exact) mass is 224 g/mol. The first-order valence-electron chi connectivity index (χ1n) is 4.72. The van der Waals surface area contributed by atoms with Crippen molar-refractivity contribution in [2.45, 2.75) is 20.0 Å². The van der Waals surface area contributed by atoms with E-state index in [-0.39, 0.29) is 5.56 Å². The third-order valence-corrected chi connectivity index (χ3v) is 2.11. The van der Waals surface area contributed by atoms with Gasteiger partial charge >= 0.3 is 6.18 Å². The zero-order valence-corrected chi connectivity index (χ0v) is 9.02. The van der Waals surface area contributed by atoms with Crippen molar-refractivity contribution in [3.63, 3.8) is 0 Å². The van der Waals surface area contributed by atoms with E-state index in [4.69, 9.17) is 0 Å². The fraction of sp³-hybridized carbons (Fsp3) is 0.231. The molecule has 0 spiro atoms. The number of aryl methyl sites for hydroxylation is 1. The van der Waals surface area contributed by atoms with Gasteiger partial charge in [-0.25, -0.2) is 0 Å². The van der Waals surface area contributed by atoms with E-state index in [2.05, 4.69) is 11.8 Å². The van der Waals surface area contributed by atoms with Crippen LogP contribution in [0.5, 0.6) is 0 Å². The summed E-state index contributed by atoms with van der Waals surface area (Å²) in [4.78, 5) is 0. The molecule has 0 aromatic heterocycles. The van der Waals surface area contributed by atoms with Gasteiger partial charge in [0.15, 0.2) is 0 Å². The summed E-state index contributed by atoms with van der Waals surface area (Å²) in [6.45, 7) is 3.28. The number of halogens is 3. The second-order valence-corrected chi connectivity index (χ2v) is 3.26. The lowest BCUT2D eigenvalue weighted by atomic mass is 10.0. The van der Waals surface area contributed by atoms with Gasteiger partial charge < -0.3 is 0 Å². The van der Waals surface area contributed by atoms with Gasteiger partial charge in [-0.05, 0) is 43.2 Å². The van der Waals surface area contributed by atoms with Crippen molar-refractivity contribution >= 4 is 6.08 Å². The Labute approximate surface area is 92.8 Å². The van der Waals surface area contributed by atoms with Crippen molar-refractivity contribution < 1.29 is 13.2 Å². The van der Waals surface area contributed by atoms with Crippen molar-refractivity contribution in [2.75, 3.05) is 0 Å². The maximum Gasteiger partial charge on any atom is 0.416 e. The normalized spacial score (nSPS) is 11.3. The zero-order chi connectivity index (χ0) is 12.2. The summed E-state index contributed by atoms with van der Waals surface area (Å²) >= 11 is 0. The number of rotatable bonds is 1. The Hall–Kier alpha value is -1.69. The van der Waals surface area contributed by atoms with Gasteiger partial charge in [0.1, 0.15) is 0 Å². The number of alkyl halides is 3. The lowest BCUT2D eigenvalue weighted by molar-refractivity contribution is -0.137. The van der Waals surface area contributed by atoms with E-state index < -0.39 is 11.7 Å². The van der Waals surface area contributed by atoms with Gasteiger partial charge in [0, 0.05) is 0 Å². The summed E-state index contributed by atoms with van der Waals surface area (Å²) in [5.41, 5.74) is 0.142. The first-order valence-corrected chi connectivity index (χ1v) is 4.72. The lowest BCUT2D eigenvalue weighted by Crippen LogP contribution is -2.08. The van der Waals surface area contributed by atoms with Crippen LogP contribution in [0, 0.1) is 18.8 Å². The summed E-state index contributed by atoms with van der Waals surface area (Å²) in [5, 5.41) is 0. The Kier molecular flexibility index (Phi) is 3.78. The van der Waals surface area contributed by atoms with Crippen LogP contribution in [0.25, 0.3) is 6.08 Å². The summed E-state index contributed by atoms with van der Waals surface area (Å²) in [6, 6.07) is 4.13. The quantitative estimate of drug-likeness (QED) is 0.631. The van der Waals surface area contributed by atoms with Crippen molar-refractivity contribution in [3.8, 4) is 11.8 Å². The number of hydrogen-bond acceptors (Lipinski definition) is 0. The lowest BCUT2D eigenvalue weighted by Gasteiger charge is -2.11. The predicted molar refractivity (Wildman–Crippen MR) is 58.7 cm³/mol. The van der Waals surface area contributed by atoms with Crippen LogP contribution in [0.2, 0.25) is 0 Å². The topological polar surface area (TPSA) is 0 Å². The van der Waals surface area contributed by atoms with Gasteiger partial charge in [-0.15, -0.1) is 5.92 Å². The molecule has 0 unspecified atom stereocenters. The van der Waals surface area contributed by atoms with Crippen LogP contribution in [0.1, 0.15) is 23.6 Å². The smallest absolute Gasteiger partial charge is 0.166 e. The average Bonchev–Trinajstić information content (AvgIpc) is 2.19. The second kappa shape index (κ2) is 4.89. The molecule has 0 nitrogen and oxygen atoms in total. The summed E-state index contributed by atoms with van der Waals surface area (Å²) < 4.78 is 38.0. The molecule has 0 radical (unpaired) electrons. The maximum absolute atomic E-state index is 12.7. The molecule has 0 saturated heterocycles. The van der Waals surface area contributed by atoms with Gasteiger partial charge in [-0.2, -0.15) is 13.2 Å². The molecule has 0 bridgehead atoms. The number of allylic oxidation sites excluding steroid dienone is 1. The molecule has 1 aromatic carbocycles. The second-order valence-electron chi connectivity index (χ2n) is 3.26.